The molecule has 2 N–H and O–H groups in total. The van der Waals surface area contributed by atoms with Gasteiger partial charge in [-0.25, -0.2) is 8.78 Å². The molecule has 0 aliphatic rings. The van der Waals surface area contributed by atoms with Crippen molar-refractivity contribution >= 4 is 29.3 Å². The SMILES string of the molecule is Cc1ccc(CNC(=O)CSCC(=O)Nc2ccccc2F)cc1F. The summed E-state index contributed by atoms with van der Waals surface area (Å²) in [6.45, 7) is 1.89. The first-order chi connectivity index (χ1) is 12.0. The van der Waals surface area contributed by atoms with Crippen molar-refractivity contribution in [2.45, 2.75) is 13.5 Å². The molecular formula is C18H18F2N2O2S. The molecule has 0 atom stereocenters. The molecule has 0 bridgehead atoms. The molecule has 0 aromatic heterocycles. The predicted molar refractivity (Wildman–Crippen MR) is 95.3 cm³/mol. The number of aryl methyl sites for hydroxylation is 1. The van der Waals surface area contributed by atoms with Gasteiger partial charge in [0, 0.05) is 6.54 Å². The number of carbonyl (C=O) groups is 2. The maximum atomic E-state index is 13.4. The molecule has 0 radical (unpaired) electrons. The molecule has 2 amide bonds. The highest BCUT2D eigenvalue weighted by Gasteiger charge is 2.08. The number of anilines is 1. The largest absolute Gasteiger partial charge is 0.351 e. The van der Waals surface area contributed by atoms with E-state index in [0.29, 0.717) is 11.1 Å². The third-order valence-electron chi connectivity index (χ3n) is 3.34. The second-order valence-electron chi connectivity index (χ2n) is 5.38. The molecule has 2 rings (SSSR count). The van der Waals surface area contributed by atoms with E-state index in [9.17, 15) is 18.4 Å². The highest BCUT2D eigenvalue weighted by molar-refractivity contribution is 8.00. The van der Waals surface area contributed by atoms with Crippen molar-refractivity contribution in [1.29, 1.82) is 0 Å². The number of rotatable bonds is 7. The van der Waals surface area contributed by atoms with Crippen LogP contribution in [0.5, 0.6) is 0 Å². The molecule has 0 aliphatic carbocycles. The van der Waals surface area contributed by atoms with Crippen LogP contribution in [-0.4, -0.2) is 23.3 Å². The van der Waals surface area contributed by atoms with Gasteiger partial charge in [0.1, 0.15) is 11.6 Å². The van der Waals surface area contributed by atoms with E-state index in [-0.39, 0.29) is 41.4 Å². The monoisotopic (exact) mass is 364 g/mol. The van der Waals surface area contributed by atoms with Crippen LogP contribution in [0.2, 0.25) is 0 Å². The van der Waals surface area contributed by atoms with Crippen LogP contribution in [0.15, 0.2) is 42.5 Å². The van der Waals surface area contributed by atoms with E-state index in [4.69, 9.17) is 0 Å². The highest BCUT2D eigenvalue weighted by atomic mass is 32.2. The molecule has 0 heterocycles. The quantitative estimate of drug-likeness (QED) is 0.793. The molecular weight excluding hydrogens is 346 g/mol. The van der Waals surface area contributed by atoms with Crippen molar-refractivity contribution in [1.82, 2.24) is 5.32 Å². The molecule has 0 saturated heterocycles. The zero-order chi connectivity index (χ0) is 18.2. The van der Waals surface area contributed by atoms with Crippen LogP contribution in [-0.2, 0) is 16.1 Å². The van der Waals surface area contributed by atoms with E-state index < -0.39 is 5.82 Å². The van der Waals surface area contributed by atoms with Crippen molar-refractivity contribution in [3.05, 3.63) is 65.2 Å². The van der Waals surface area contributed by atoms with Crippen LogP contribution >= 0.6 is 11.8 Å². The predicted octanol–water partition coefficient (Wildman–Crippen LogP) is 3.26. The number of amides is 2. The lowest BCUT2D eigenvalue weighted by atomic mass is 10.1. The van der Waals surface area contributed by atoms with E-state index in [1.54, 1.807) is 25.1 Å². The summed E-state index contributed by atoms with van der Waals surface area (Å²) >= 11 is 1.11. The van der Waals surface area contributed by atoms with E-state index in [1.807, 2.05) is 0 Å². The van der Waals surface area contributed by atoms with Gasteiger partial charge in [0.2, 0.25) is 11.8 Å². The van der Waals surface area contributed by atoms with Crippen molar-refractivity contribution in [2.75, 3.05) is 16.8 Å². The highest BCUT2D eigenvalue weighted by Crippen LogP contribution is 2.13. The summed E-state index contributed by atoms with van der Waals surface area (Å²) in [7, 11) is 0. The fourth-order valence-corrected chi connectivity index (χ4v) is 2.63. The molecule has 0 saturated carbocycles. The van der Waals surface area contributed by atoms with Crippen LogP contribution in [0.25, 0.3) is 0 Å². The van der Waals surface area contributed by atoms with Gasteiger partial charge >= 0.3 is 0 Å². The minimum absolute atomic E-state index is 0.0287. The number of nitrogens with one attached hydrogen (secondary N) is 2. The average Bonchev–Trinajstić information content (AvgIpc) is 2.58. The van der Waals surface area contributed by atoms with Crippen LogP contribution in [0.4, 0.5) is 14.5 Å². The Hall–Kier alpha value is -2.41. The lowest BCUT2D eigenvalue weighted by Gasteiger charge is -2.07. The van der Waals surface area contributed by atoms with E-state index in [1.165, 1.54) is 24.3 Å². The number of hydrogen-bond acceptors (Lipinski definition) is 3. The second kappa shape index (κ2) is 9.17. The molecule has 132 valence electrons. The van der Waals surface area contributed by atoms with E-state index in [2.05, 4.69) is 10.6 Å². The zero-order valence-electron chi connectivity index (χ0n) is 13.6. The smallest absolute Gasteiger partial charge is 0.234 e. The molecule has 0 spiro atoms. The Balaban J connectivity index is 1.68. The summed E-state index contributed by atoms with van der Waals surface area (Å²) in [4.78, 5) is 23.5. The van der Waals surface area contributed by atoms with Crippen LogP contribution < -0.4 is 10.6 Å². The maximum Gasteiger partial charge on any atom is 0.234 e. The number of halogens is 2. The molecule has 0 aliphatic heterocycles. The van der Waals surface area contributed by atoms with Gasteiger partial charge in [0.25, 0.3) is 0 Å². The molecule has 7 heteroatoms. The number of benzene rings is 2. The van der Waals surface area contributed by atoms with Crippen molar-refractivity contribution in [3.8, 4) is 0 Å². The van der Waals surface area contributed by atoms with Gasteiger partial charge in [0.05, 0.1) is 17.2 Å². The number of para-hydroxylation sites is 1. The molecule has 0 fully saturated rings. The average molecular weight is 364 g/mol. The van der Waals surface area contributed by atoms with Crippen LogP contribution in [0.3, 0.4) is 0 Å². The molecule has 0 unspecified atom stereocenters. The lowest BCUT2D eigenvalue weighted by Crippen LogP contribution is -2.25. The van der Waals surface area contributed by atoms with Gasteiger partial charge in [0.15, 0.2) is 0 Å². The van der Waals surface area contributed by atoms with Crippen LogP contribution in [0.1, 0.15) is 11.1 Å². The van der Waals surface area contributed by atoms with Gasteiger partial charge < -0.3 is 10.6 Å². The Morgan fingerprint density at radius 2 is 1.72 bits per heavy atom. The summed E-state index contributed by atoms with van der Waals surface area (Å²) in [5.74, 6) is -1.36. The summed E-state index contributed by atoms with van der Waals surface area (Å²) in [6, 6.07) is 10.6. The Bertz CT molecular complexity index is 768. The Labute approximate surface area is 149 Å². The van der Waals surface area contributed by atoms with E-state index in [0.717, 1.165) is 11.8 Å². The summed E-state index contributed by atoms with van der Waals surface area (Å²) < 4.78 is 26.8. The Morgan fingerprint density at radius 1 is 1.00 bits per heavy atom. The molecule has 4 nitrogen and oxygen atoms in total. The Morgan fingerprint density at radius 3 is 2.44 bits per heavy atom. The first kappa shape index (κ1) is 18.9. The van der Waals surface area contributed by atoms with Crippen LogP contribution in [0, 0.1) is 18.6 Å². The third-order valence-corrected chi connectivity index (χ3v) is 4.27. The minimum Gasteiger partial charge on any atom is -0.351 e. The first-order valence-corrected chi connectivity index (χ1v) is 8.75. The zero-order valence-corrected chi connectivity index (χ0v) is 14.5. The fraction of sp³-hybridized carbons (Fsp3) is 0.222. The lowest BCUT2D eigenvalue weighted by molar-refractivity contribution is -0.118. The number of thioether (sulfide) groups is 1. The molecule has 25 heavy (non-hydrogen) atoms. The van der Waals surface area contributed by atoms with Gasteiger partial charge in [-0.2, -0.15) is 0 Å². The minimum atomic E-state index is -0.510. The standard InChI is InChI=1S/C18H18F2N2O2S/c1-12-6-7-13(8-15(12)20)9-21-17(23)10-25-11-18(24)22-16-5-3-2-4-14(16)19/h2-8H,9-11H2,1H3,(H,21,23)(H,22,24). The van der Waals surface area contributed by atoms with Gasteiger partial charge in [-0.05, 0) is 36.2 Å². The fourth-order valence-electron chi connectivity index (χ4n) is 1.98. The second-order valence-corrected chi connectivity index (χ2v) is 6.37. The summed E-state index contributed by atoms with van der Waals surface area (Å²) in [5, 5.41) is 5.11. The van der Waals surface area contributed by atoms with Crippen molar-refractivity contribution in [2.24, 2.45) is 0 Å². The number of hydrogen-bond donors (Lipinski definition) is 2. The van der Waals surface area contributed by atoms with Gasteiger partial charge in [-0.15, -0.1) is 11.8 Å². The summed E-state index contributed by atoms with van der Waals surface area (Å²) in [6.07, 6.45) is 0. The first-order valence-electron chi connectivity index (χ1n) is 7.59. The normalized spacial score (nSPS) is 10.4. The van der Waals surface area contributed by atoms with Crippen molar-refractivity contribution < 1.29 is 18.4 Å². The third kappa shape index (κ3) is 6.19. The van der Waals surface area contributed by atoms with Crippen molar-refractivity contribution in [3.63, 3.8) is 0 Å². The van der Waals surface area contributed by atoms with E-state index >= 15 is 0 Å². The molecule has 2 aromatic rings. The van der Waals surface area contributed by atoms with Gasteiger partial charge in [-0.3, -0.25) is 9.59 Å². The molecule has 2 aromatic carbocycles. The number of carbonyl (C=O) groups excluding carboxylic acids is 2. The maximum absolute atomic E-state index is 13.4. The summed E-state index contributed by atoms with van der Waals surface area (Å²) in [5.41, 5.74) is 1.32. The topological polar surface area (TPSA) is 58.2 Å². The Kier molecular flexibility index (Phi) is 6.94. The van der Waals surface area contributed by atoms with Gasteiger partial charge in [-0.1, -0.05) is 24.3 Å².